The van der Waals surface area contributed by atoms with E-state index in [9.17, 15) is 0 Å². The summed E-state index contributed by atoms with van der Waals surface area (Å²) in [5, 5.41) is 4.60. The maximum atomic E-state index is 4.27. The summed E-state index contributed by atoms with van der Waals surface area (Å²) in [6.45, 7) is 3.34. The molecule has 1 N–H and O–H groups in total. The Morgan fingerprint density at radius 3 is 2.90 bits per heavy atom. The number of hydrogen-bond acceptors (Lipinski definition) is 3. The topological polar surface area (TPSA) is 24.9 Å². The highest BCUT2D eigenvalue weighted by molar-refractivity contribution is 9.10. The van der Waals surface area contributed by atoms with Crippen LogP contribution in [0.2, 0.25) is 0 Å². The lowest BCUT2D eigenvalue weighted by molar-refractivity contribution is 0.549. The van der Waals surface area contributed by atoms with E-state index >= 15 is 0 Å². The van der Waals surface area contributed by atoms with Crippen molar-refractivity contribution in [2.24, 2.45) is 0 Å². The van der Waals surface area contributed by atoms with Gasteiger partial charge in [-0.15, -0.1) is 0 Å². The summed E-state index contributed by atoms with van der Waals surface area (Å²) in [6, 6.07) is 2.75. The Morgan fingerprint density at radius 1 is 1.40 bits per heavy atom. The van der Waals surface area contributed by atoms with E-state index in [1.807, 2.05) is 12.4 Å². The van der Waals surface area contributed by atoms with Gasteiger partial charge in [-0.25, -0.2) is 0 Å². The minimum absolute atomic E-state index is 0.566. The molecule has 1 heterocycles. The van der Waals surface area contributed by atoms with Crippen LogP contribution in [0.4, 0.5) is 0 Å². The van der Waals surface area contributed by atoms with Crippen LogP contribution >= 0.6 is 27.7 Å². The minimum atomic E-state index is 0.566. The van der Waals surface area contributed by atoms with Crippen molar-refractivity contribution < 1.29 is 0 Å². The Labute approximate surface area is 135 Å². The summed E-state index contributed by atoms with van der Waals surface area (Å²) < 4.78 is 1.08. The monoisotopic (exact) mass is 356 g/mol. The lowest BCUT2D eigenvalue weighted by atomic mass is 10.1. The van der Waals surface area contributed by atoms with Crippen LogP contribution in [0.5, 0.6) is 0 Å². The van der Waals surface area contributed by atoms with Gasteiger partial charge in [-0.2, -0.15) is 11.8 Å². The highest BCUT2D eigenvalue weighted by Crippen LogP contribution is 2.30. The van der Waals surface area contributed by atoms with E-state index in [-0.39, 0.29) is 0 Å². The molecule has 112 valence electrons. The lowest BCUT2D eigenvalue weighted by Gasteiger charge is -2.20. The molecule has 1 saturated carbocycles. The van der Waals surface area contributed by atoms with E-state index in [1.165, 1.54) is 43.4 Å². The molecule has 2 nitrogen and oxygen atoms in total. The Morgan fingerprint density at radius 2 is 2.20 bits per heavy atom. The molecule has 0 bridgehead atoms. The Kier molecular flexibility index (Phi) is 7.39. The van der Waals surface area contributed by atoms with Crippen LogP contribution in [0.15, 0.2) is 22.9 Å². The molecule has 1 aromatic rings. The predicted molar refractivity (Wildman–Crippen MR) is 92.4 cm³/mol. The second-order valence-corrected chi connectivity index (χ2v) is 7.86. The van der Waals surface area contributed by atoms with Gasteiger partial charge in [0.1, 0.15) is 0 Å². The Bertz CT molecular complexity index is 394. The van der Waals surface area contributed by atoms with E-state index in [4.69, 9.17) is 0 Å². The average Bonchev–Trinajstić information content (AvgIpc) is 2.95. The van der Waals surface area contributed by atoms with Gasteiger partial charge >= 0.3 is 0 Å². The number of thioether (sulfide) groups is 1. The third-order valence-corrected chi connectivity index (χ3v) is 5.73. The van der Waals surface area contributed by atoms with E-state index < -0.39 is 0 Å². The fourth-order valence-corrected chi connectivity index (χ4v) is 4.52. The fraction of sp³-hybridized carbons (Fsp3) is 0.688. The molecule has 4 heteroatoms. The number of halogens is 1. The first-order valence-corrected chi connectivity index (χ1v) is 9.56. The maximum absolute atomic E-state index is 4.27. The number of rotatable bonds is 8. The standard InChI is InChI=1S/C16H25BrN2S/c1-2-7-19-15(12-20-16-5-3-4-6-16)9-13-8-14(17)11-18-10-13/h8,10-11,15-16,19H,2-7,9,12H2,1H3. The van der Waals surface area contributed by atoms with Gasteiger partial charge in [0.15, 0.2) is 0 Å². The summed E-state index contributed by atoms with van der Waals surface area (Å²) in [6.07, 6.45) is 11.8. The first kappa shape index (κ1) is 16.3. The summed E-state index contributed by atoms with van der Waals surface area (Å²) in [5.74, 6) is 1.22. The number of nitrogens with one attached hydrogen (secondary N) is 1. The van der Waals surface area contributed by atoms with Crippen molar-refractivity contribution in [3.63, 3.8) is 0 Å². The van der Waals surface area contributed by atoms with E-state index in [2.05, 4.69) is 51.0 Å². The molecule has 1 unspecified atom stereocenters. The molecule has 0 aliphatic heterocycles. The van der Waals surface area contributed by atoms with E-state index in [1.54, 1.807) is 0 Å². The van der Waals surface area contributed by atoms with Gasteiger partial charge in [-0.05, 0) is 59.8 Å². The van der Waals surface area contributed by atoms with Gasteiger partial charge in [0, 0.05) is 33.9 Å². The van der Waals surface area contributed by atoms with E-state index in [0.717, 1.165) is 22.7 Å². The third-order valence-electron chi connectivity index (χ3n) is 3.76. The molecule has 0 aromatic carbocycles. The smallest absolute Gasteiger partial charge is 0.0410 e. The summed E-state index contributed by atoms with van der Waals surface area (Å²) in [4.78, 5) is 4.27. The zero-order valence-electron chi connectivity index (χ0n) is 12.3. The van der Waals surface area contributed by atoms with Crippen LogP contribution in [0.3, 0.4) is 0 Å². The third kappa shape index (κ3) is 5.74. The van der Waals surface area contributed by atoms with Crippen LogP contribution < -0.4 is 5.32 Å². The first-order valence-electron chi connectivity index (χ1n) is 7.72. The van der Waals surface area contributed by atoms with Crippen LogP contribution in [-0.2, 0) is 6.42 Å². The fourth-order valence-electron chi connectivity index (χ4n) is 2.70. The van der Waals surface area contributed by atoms with Crippen LogP contribution in [0.25, 0.3) is 0 Å². The molecule has 1 aliphatic carbocycles. The summed E-state index contributed by atoms with van der Waals surface area (Å²) in [5.41, 5.74) is 1.32. The van der Waals surface area contributed by atoms with Crippen molar-refractivity contribution in [2.45, 2.75) is 56.7 Å². The van der Waals surface area contributed by atoms with Crippen molar-refractivity contribution in [3.8, 4) is 0 Å². The van der Waals surface area contributed by atoms with Gasteiger partial charge in [0.25, 0.3) is 0 Å². The molecular weight excluding hydrogens is 332 g/mol. The predicted octanol–water partition coefficient (Wildman–Crippen LogP) is 4.43. The molecular formula is C16H25BrN2S. The van der Waals surface area contributed by atoms with Crippen LogP contribution in [0.1, 0.15) is 44.6 Å². The number of hydrogen-bond donors (Lipinski definition) is 1. The lowest BCUT2D eigenvalue weighted by Crippen LogP contribution is -2.34. The summed E-state index contributed by atoms with van der Waals surface area (Å²) >= 11 is 5.68. The molecule has 0 radical (unpaired) electrons. The molecule has 2 rings (SSSR count). The molecule has 1 aliphatic rings. The van der Waals surface area contributed by atoms with Crippen molar-refractivity contribution in [1.82, 2.24) is 10.3 Å². The largest absolute Gasteiger partial charge is 0.313 e. The zero-order valence-corrected chi connectivity index (χ0v) is 14.7. The van der Waals surface area contributed by atoms with Crippen molar-refractivity contribution in [2.75, 3.05) is 12.3 Å². The molecule has 0 amide bonds. The molecule has 0 saturated heterocycles. The quantitative estimate of drug-likeness (QED) is 0.745. The number of pyridine rings is 1. The average molecular weight is 357 g/mol. The highest BCUT2D eigenvalue weighted by Gasteiger charge is 2.18. The van der Waals surface area contributed by atoms with Gasteiger partial charge in [-0.1, -0.05) is 19.8 Å². The SMILES string of the molecule is CCCNC(CSC1CCCC1)Cc1cncc(Br)c1. The van der Waals surface area contributed by atoms with Gasteiger partial charge < -0.3 is 5.32 Å². The van der Waals surface area contributed by atoms with Crippen LogP contribution in [0, 0.1) is 0 Å². The first-order chi connectivity index (χ1) is 9.78. The van der Waals surface area contributed by atoms with Crippen molar-refractivity contribution in [3.05, 3.63) is 28.5 Å². The molecule has 20 heavy (non-hydrogen) atoms. The van der Waals surface area contributed by atoms with Gasteiger partial charge in [-0.3, -0.25) is 4.98 Å². The molecule has 1 atom stereocenters. The molecule has 1 fully saturated rings. The molecule has 1 aromatic heterocycles. The van der Waals surface area contributed by atoms with E-state index in [0.29, 0.717) is 6.04 Å². The van der Waals surface area contributed by atoms with Gasteiger partial charge in [0.2, 0.25) is 0 Å². The number of nitrogens with zero attached hydrogens (tertiary/aromatic N) is 1. The van der Waals surface area contributed by atoms with Gasteiger partial charge in [0.05, 0.1) is 0 Å². The second kappa shape index (κ2) is 9.06. The summed E-state index contributed by atoms with van der Waals surface area (Å²) in [7, 11) is 0. The Balaban J connectivity index is 1.85. The van der Waals surface area contributed by atoms with Crippen LogP contribution in [-0.4, -0.2) is 28.6 Å². The maximum Gasteiger partial charge on any atom is 0.0410 e. The molecule has 0 spiro atoms. The normalized spacial score (nSPS) is 17.5. The second-order valence-electron chi connectivity index (χ2n) is 5.61. The number of aromatic nitrogens is 1. The zero-order chi connectivity index (χ0) is 14.2. The highest BCUT2D eigenvalue weighted by atomic mass is 79.9. The van der Waals surface area contributed by atoms with Crippen molar-refractivity contribution in [1.29, 1.82) is 0 Å². The van der Waals surface area contributed by atoms with Crippen molar-refractivity contribution >= 4 is 27.7 Å². The minimum Gasteiger partial charge on any atom is -0.313 e. The Hall–Kier alpha value is -0.0600.